The zero-order valence-electron chi connectivity index (χ0n) is 12.6. The molecule has 1 unspecified atom stereocenters. The molecule has 1 aromatic heterocycles. The Balaban J connectivity index is 1.51. The second kappa shape index (κ2) is 5.73. The Kier molecular flexibility index (Phi) is 3.76. The molecule has 1 aromatic rings. The number of fused-ring (bicyclic) bond motifs is 1. The van der Waals surface area contributed by atoms with E-state index in [9.17, 15) is 4.79 Å². The van der Waals surface area contributed by atoms with E-state index in [1.54, 1.807) is 11.3 Å². The quantitative estimate of drug-likeness (QED) is 0.927. The fraction of sp³-hybridized carbons (Fsp3) is 0.706. The first kappa shape index (κ1) is 13.8. The topological polar surface area (TPSA) is 32.3 Å². The van der Waals surface area contributed by atoms with E-state index in [2.05, 4.69) is 16.3 Å². The molecule has 0 bridgehead atoms. The van der Waals surface area contributed by atoms with E-state index in [-0.39, 0.29) is 0 Å². The molecule has 4 heteroatoms. The molecule has 1 saturated carbocycles. The summed E-state index contributed by atoms with van der Waals surface area (Å²) in [5, 5.41) is 3.53. The van der Waals surface area contributed by atoms with E-state index >= 15 is 0 Å². The zero-order valence-corrected chi connectivity index (χ0v) is 13.4. The summed E-state index contributed by atoms with van der Waals surface area (Å²) in [5.74, 6) is 0.297. The molecule has 4 rings (SSSR count). The predicted molar refractivity (Wildman–Crippen MR) is 86.0 cm³/mol. The summed E-state index contributed by atoms with van der Waals surface area (Å²) < 4.78 is 0. The van der Waals surface area contributed by atoms with Crippen LogP contribution in [0.1, 0.15) is 58.6 Å². The molecule has 3 nitrogen and oxygen atoms in total. The molecular weight excluding hydrogens is 280 g/mol. The van der Waals surface area contributed by atoms with Gasteiger partial charge in [-0.2, -0.15) is 0 Å². The Hall–Kier alpha value is -0.870. The van der Waals surface area contributed by atoms with Gasteiger partial charge in [-0.1, -0.05) is 0 Å². The highest BCUT2D eigenvalue weighted by Gasteiger charge is 2.35. The SMILES string of the molecule is O=C(c1cc2c(s1)CCCC2)N(CC1CCCN1)C1CC1. The molecule has 1 saturated heterocycles. The van der Waals surface area contributed by atoms with Crippen LogP contribution in [0.4, 0.5) is 0 Å². The van der Waals surface area contributed by atoms with Crippen molar-refractivity contribution < 1.29 is 4.79 Å². The highest BCUT2D eigenvalue weighted by molar-refractivity contribution is 7.14. The van der Waals surface area contributed by atoms with Crippen molar-refractivity contribution in [3.8, 4) is 0 Å². The number of amides is 1. The lowest BCUT2D eigenvalue weighted by Gasteiger charge is -2.25. The first-order valence-electron chi connectivity index (χ1n) is 8.47. The fourth-order valence-electron chi connectivity index (χ4n) is 3.67. The van der Waals surface area contributed by atoms with Crippen molar-refractivity contribution in [1.82, 2.24) is 10.2 Å². The number of carbonyl (C=O) groups excluding carboxylic acids is 1. The van der Waals surface area contributed by atoms with Crippen molar-refractivity contribution in [1.29, 1.82) is 0 Å². The fourth-order valence-corrected chi connectivity index (χ4v) is 4.88. The lowest BCUT2D eigenvalue weighted by Crippen LogP contribution is -2.42. The Bertz CT molecular complexity index is 505. The molecule has 21 heavy (non-hydrogen) atoms. The van der Waals surface area contributed by atoms with E-state index in [1.807, 2.05) is 0 Å². The number of nitrogens with one attached hydrogen (secondary N) is 1. The van der Waals surface area contributed by atoms with Gasteiger partial charge in [0.25, 0.3) is 5.91 Å². The third kappa shape index (κ3) is 2.88. The maximum absolute atomic E-state index is 12.9. The standard InChI is InChI=1S/C17H24N2OS/c20-17(16-10-12-4-1-2-6-15(12)21-16)19(14-7-8-14)11-13-5-3-9-18-13/h10,13-14,18H,1-9,11H2. The summed E-state index contributed by atoms with van der Waals surface area (Å²) in [5.41, 5.74) is 1.45. The number of rotatable bonds is 4. The number of hydrogen-bond donors (Lipinski definition) is 1. The van der Waals surface area contributed by atoms with Gasteiger partial charge in [0, 0.05) is 23.5 Å². The Morgan fingerprint density at radius 2 is 2.10 bits per heavy atom. The Morgan fingerprint density at radius 1 is 1.24 bits per heavy atom. The molecule has 1 aliphatic heterocycles. The van der Waals surface area contributed by atoms with Gasteiger partial charge in [0.05, 0.1) is 4.88 Å². The number of hydrogen-bond acceptors (Lipinski definition) is 3. The summed E-state index contributed by atoms with van der Waals surface area (Å²) in [6, 6.07) is 3.22. The van der Waals surface area contributed by atoms with E-state index in [1.165, 1.54) is 61.8 Å². The third-order valence-corrected chi connectivity index (χ3v) is 6.26. The van der Waals surface area contributed by atoms with Gasteiger partial charge in [-0.25, -0.2) is 0 Å². The van der Waals surface area contributed by atoms with Crippen molar-refractivity contribution in [2.75, 3.05) is 13.1 Å². The van der Waals surface area contributed by atoms with Crippen LogP contribution < -0.4 is 5.32 Å². The molecule has 2 fully saturated rings. The maximum Gasteiger partial charge on any atom is 0.264 e. The molecule has 2 aliphatic carbocycles. The molecule has 0 spiro atoms. The minimum atomic E-state index is 0.297. The smallest absolute Gasteiger partial charge is 0.264 e. The lowest BCUT2D eigenvalue weighted by molar-refractivity contribution is 0.0733. The van der Waals surface area contributed by atoms with Crippen LogP contribution in [0, 0.1) is 0 Å². The maximum atomic E-state index is 12.9. The average Bonchev–Trinajstić information content (AvgIpc) is 3.04. The molecule has 1 atom stereocenters. The Morgan fingerprint density at radius 3 is 2.81 bits per heavy atom. The zero-order chi connectivity index (χ0) is 14.2. The van der Waals surface area contributed by atoms with Gasteiger partial charge >= 0.3 is 0 Å². The van der Waals surface area contributed by atoms with E-state index in [0.29, 0.717) is 18.0 Å². The normalized spacial score (nSPS) is 24.9. The van der Waals surface area contributed by atoms with Crippen LogP contribution in [-0.2, 0) is 12.8 Å². The number of nitrogens with zero attached hydrogens (tertiary/aromatic N) is 1. The van der Waals surface area contributed by atoms with E-state index in [0.717, 1.165) is 18.0 Å². The van der Waals surface area contributed by atoms with Crippen LogP contribution in [0.15, 0.2) is 6.07 Å². The largest absolute Gasteiger partial charge is 0.333 e. The van der Waals surface area contributed by atoms with Gasteiger partial charge < -0.3 is 10.2 Å². The van der Waals surface area contributed by atoms with Gasteiger partial charge in [0.1, 0.15) is 0 Å². The molecule has 1 amide bonds. The van der Waals surface area contributed by atoms with Crippen LogP contribution >= 0.6 is 11.3 Å². The van der Waals surface area contributed by atoms with Crippen LogP contribution in [0.2, 0.25) is 0 Å². The highest BCUT2D eigenvalue weighted by Crippen LogP contribution is 2.34. The van der Waals surface area contributed by atoms with Gasteiger partial charge in [0.15, 0.2) is 0 Å². The molecule has 0 radical (unpaired) electrons. The minimum absolute atomic E-state index is 0.297. The number of carbonyl (C=O) groups is 1. The summed E-state index contributed by atoms with van der Waals surface area (Å²) in [6.07, 6.45) is 9.80. The first-order valence-corrected chi connectivity index (χ1v) is 9.29. The van der Waals surface area contributed by atoms with E-state index in [4.69, 9.17) is 0 Å². The van der Waals surface area contributed by atoms with Gasteiger partial charge in [-0.05, 0) is 69.5 Å². The highest BCUT2D eigenvalue weighted by atomic mass is 32.1. The Labute approximate surface area is 130 Å². The molecular formula is C17H24N2OS. The second-order valence-electron chi connectivity index (χ2n) is 6.75. The van der Waals surface area contributed by atoms with Gasteiger partial charge in [-0.15, -0.1) is 11.3 Å². The van der Waals surface area contributed by atoms with Crippen LogP contribution in [-0.4, -0.2) is 36.0 Å². The van der Waals surface area contributed by atoms with Gasteiger partial charge in [0.2, 0.25) is 0 Å². The molecule has 114 valence electrons. The summed E-state index contributed by atoms with van der Waals surface area (Å²) in [4.78, 5) is 17.6. The van der Waals surface area contributed by atoms with Crippen molar-refractivity contribution in [2.45, 2.75) is 63.5 Å². The summed E-state index contributed by atoms with van der Waals surface area (Å²) in [6.45, 7) is 2.02. The predicted octanol–water partition coefficient (Wildman–Crippen LogP) is 2.98. The van der Waals surface area contributed by atoms with Crippen LogP contribution in [0.25, 0.3) is 0 Å². The molecule has 0 aromatic carbocycles. The monoisotopic (exact) mass is 304 g/mol. The summed E-state index contributed by atoms with van der Waals surface area (Å²) in [7, 11) is 0. The molecule has 3 aliphatic rings. The second-order valence-corrected chi connectivity index (χ2v) is 7.88. The third-order valence-electron chi connectivity index (χ3n) is 5.04. The van der Waals surface area contributed by atoms with Crippen LogP contribution in [0.5, 0.6) is 0 Å². The lowest BCUT2D eigenvalue weighted by atomic mass is 9.99. The molecule has 2 heterocycles. The first-order chi connectivity index (χ1) is 10.3. The number of thiophene rings is 1. The molecule has 1 N–H and O–H groups in total. The van der Waals surface area contributed by atoms with Crippen molar-refractivity contribution in [2.24, 2.45) is 0 Å². The summed E-state index contributed by atoms with van der Waals surface area (Å²) >= 11 is 1.76. The van der Waals surface area contributed by atoms with Gasteiger partial charge in [-0.3, -0.25) is 4.79 Å². The van der Waals surface area contributed by atoms with Crippen molar-refractivity contribution in [3.05, 3.63) is 21.4 Å². The van der Waals surface area contributed by atoms with Crippen molar-refractivity contribution >= 4 is 17.2 Å². The average molecular weight is 304 g/mol. The van der Waals surface area contributed by atoms with Crippen LogP contribution in [0.3, 0.4) is 0 Å². The minimum Gasteiger partial charge on any atom is -0.333 e. The van der Waals surface area contributed by atoms with Crippen molar-refractivity contribution in [3.63, 3.8) is 0 Å². The number of aryl methyl sites for hydroxylation is 2. The van der Waals surface area contributed by atoms with E-state index < -0.39 is 0 Å².